The minimum absolute atomic E-state index is 0.280. The van der Waals surface area contributed by atoms with Crippen LogP contribution in [0, 0.1) is 5.92 Å². The summed E-state index contributed by atoms with van der Waals surface area (Å²) in [4.78, 5) is 8.87. The average molecular weight is 463 g/mol. The van der Waals surface area contributed by atoms with Gasteiger partial charge in [0.15, 0.2) is 5.76 Å². The Labute approximate surface area is 188 Å². The van der Waals surface area contributed by atoms with Gasteiger partial charge in [0, 0.05) is 29.8 Å². The van der Waals surface area contributed by atoms with Crippen molar-refractivity contribution < 1.29 is 13.2 Å². The number of aromatic nitrogens is 2. The van der Waals surface area contributed by atoms with Crippen molar-refractivity contribution in [3.63, 3.8) is 0 Å². The third-order valence-electron chi connectivity index (χ3n) is 4.73. The van der Waals surface area contributed by atoms with E-state index in [9.17, 15) is 8.42 Å². The number of allylic oxidation sites excluding steroid dienone is 2. The zero-order valence-corrected chi connectivity index (χ0v) is 19.5. The molecule has 0 unspecified atom stereocenters. The van der Waals surface area contributed by atoms with Crippen molar-refractivity contribution in [1.82, 2.24) is 9.97 Å². The Morgan fingerprint density at radius 3 is 2.71 bits per heavy atom. The van der Waals surface area contributed by atoms with Crippen LogP contribution in [0.4, 0.5) is 11.6 Å². The Kier molecular flexibility index (Phi) is 7.23. The molecule has 1 aliphatic carbocycles. The van der Waals surface area contributed by atoms with E-state index in [-0.39, 0.29) is 5.02 Å². The summed E-state index contributed by atoms with van der Waals surface area (Å²) in [7, 11) is -3.48. The summed E-state index contributed by atoms with van der Waals surface area (Å²) < 4.78 is 32.0. The molecule has 0 saturated heterocycles. The highest BCUT2D eigenvalue weighted by Gasteiger charge is 2.28. The lowest BCUT2D eigenvalue weighted by Crippen LogP contribution is -2.10. The standard InChI is InChI=1S/C22H27ClN4O3S/c1-5-12-24-22-25-13-11-19(26-22)21(30-15(3)16-9-10-16)14(2)17-7-6-8-18(20(17)23)27-31(4,28)29/h6-8,11,13,16,27H,3,5,9-10,12H2,1-2,4H3,(H,24,25,26)/b21-14+. The number of ether oxygens (including phenoxy) is 1. The molecule has 3 rings (SSSR count). The molecule has 1 fully saturated rings. The fourth-order valence-electron chi connectivity index (χ4n) is 2.97. The Morgan fingerprint density at radius 1 is 1.32 bits per heavy atom. The Morgan fingerprint density at radius 2 is 2.06 bits per heavy atom. The maximum absolute atomic E-state index is 11.7. The van der Waals surface area contributed by atoms with Crippen LogP contribution in [-0.4, -0.2) is 31.2 Å². The van der Waals surface area contributed by atoms with Gasteiger partial charge in [0.05, 0.1) is 17.0 Å². The predicted octanol–water partition coefficient (Wildman–Crippen LogP) is 5.15. The number of benzene rings is 1. The molecule has 1 saturated carbocycles. The summed E-state index contributed by atoms with van der Waals surface area (Å²) >= 11 is 6.57. The van der Waals surface area contributed by atoms with Gasteiger partial charge in [0.1, 0.15) is 11.5 Å². The highest BCUT2D eigenvalue weighted by atomic mass is 35.5. The number of nitrogens with one attached hydrogen (secondary N) is 2. The van der Waals surface area contributed by atoms with E-state index in [4.69, 9.17) is 16.3 Å². The first-order valence-electron chi connectivity index (χ1n) is 10.1. The molecule has 1 aromatic carbocycles. The number of hydrogen-bond donors (Lipinski definition) is 2. The Balaban J connectivity index is 2.08. The van der Waals surface area contributed by atoms with E-state index in [0.29, 0.717) is 45.9 Å². The predicted molar refractivity (Wildman–Crippen MR) is 126 cm³/mol. The van der Waals surface area contributed by atoms with Gasteiger partial charge in [0.2, 0.25) is 16.0 Å². The second-order valence-electron chi connectivity index (χ2n) is 7.53. The van der Waals surface area contributed by atoms with Gasteiger partial charge in [-0.3, -0.25) is 4.72 Å². The summed E-state index contributed by atoms with van der Waals surface area (Å²) in [6.07, 6.45) is 5.79. The molecule has 0 amide bonds. The SMILES string of the molecule is C=C(O/C(=C(\C)c1cccc(NS(C)(=O)=O)c1Cl)c1ccnc(NCCC)n1)C1CC1. The lowest BCUT2D eigenvalue weighted by molar-refractivity contribution is 0.356. The molecule has 1 heterocycles. The number of halogens is 1. The lowest BCUT2D eigenvalue weighted by atomic mass is 10.0. The van der Waals surface area contributed by atoms with Crippen molar-refractivity contribution in [2.75, 3.05) is 22.8 Å². The normalized spacial score (nSPS) is 14.6. The van der Waals surface area contributed by atoms with Crippen molar-refractivity contribution in [1.29, 1.82) is 0 Å². The summed E-state index contributed by atoms with van der Waals surface area (Å²) in [5, 5.41) is 3.46. The lowest BCUT2D eigenvalue weighted by Gasteiger charge is -2.18. The van der Waals surface area contributed by atoms with Crippen LogP contribution in [0.1, 0.15) is 44.4 Å². The van der Waals surface area contributed by atoms with Gasteiger partial charge < -0.3 is 10.1 Å². The molecule has 166 valence electrons. The van der Waals surface area contributed by atoms with E-state index in [1.54, 1.807) is 24.4 Å². The molecule has 1 aromatic heterocycles. The molecule has 1 aliphatic rings. The summed E-state index contributed by atoms with van der Waals surface area (Å²) in [6.45, 7) is 8.76. The van der Waals surface area contributed by atoms with E-state index < -0.39 is 10.0 Å². The zero-order valence-electron chi connectivity index (χ0n) is 17.9. The molecule has 2 N–H and O–H groups in total. The van der Waals surface area contributed by atoms with Gasteiger partial charge in [0.25, 0.3) is 0 Å². The molecular weight excluding hydrogens is 436 g/mol. The van der Waals surface area contributed by atoms with Crippen LogP contribution in [0.25, 0.3) is 11.3 Å². The fourth-order valence-corrected chi connectivity index (χ4v) is 3.91. The zero-order chi connectivity index (χ0) is 22.6. The monoisotopic (exact) mass is 462 g/mol. The van der Waals surface area contributed by atoms with Crippen molar-refractivity contribution in [2.24, 2.45) is 5.92 Å². The first-order valence-corrected chi connectivity index (χ1v) is 12.4. The van der Waals surface area contributed by atoms with E-state index in [0.717, 1.165) is 32.1 Å². The average Bonchev–Trinajstić information content (AvgIpc) is 3.56. The maximum Gasteiger partial charge on any atom is 0.229 e. The van der Waals surface area contributed by atoms with E-state index in [2.05, 4.69) is 33.5 Å². The van der Waals surface area contributed by atoms with Gasteiger partial charge in [-0.05, 0) is 38.3 Å². The number of nitrogens with zero attached hydrogens (tertiary/aromatic N) is 2. The summed E-state index contributed by atoms with van der Waals surface area (Å²) in [5.41, 5.74) is 2.24. The topological polar surface area (TPSA) is 93.2 Å². The van der Waals surface area contributed by atoms with Crippen LogP contribution in [0.15, 0.2) is 42.8 Å². The van der Waals surface area contributed by atoms with Crippen molar-refractivity contribution in [3.05, 3.63) is 59.1 Å². The number of anilines is 2. The smallest absolute Gasteiger partial charge is 0.229 e. The van der Waals surface area contributed by atoms with Crippen LogP contribution in [0.3, 0.4) is 0 Å². The molecule has 2 aromatic rings. The molecular formula is C22H27ClN4O3S. The van der Waals surface area contributed by atoms with Crippen molar-refractivity contribution >= 4 is 44.6 Å². The quantitative estimate of drug-likeness (QED) is 0.474. The molecule has 9 heteroatoms. The second-order valence-corrected chi connectivity index (χ2v) is 9.66. The maximum atomic E-state index is 11.7. The highest BCUT2D eigenvalue weighted by molar-refractivity contribution is 7.92. The Bertz CT molecular complexity index is 1110. The number of sulfonamides is 1. The third-order valence-corrected chi connectivity index (χ3v) is 5.72. The van der Waals surface area contributed by atoms with Gasteiger partial charge in [-0.25, -0.2) is 18.4 Å². The fraction of sp³-hybridized carbons (Fsp3) is 0.364. The van der Waals surface area contributed by atoms with Crippen molar-refractivity contribution in [3.8, 4) is 0 Å². The van der Waals surface area contributed by atoms with E-state index in [1.807, 2.05) is 13.0 Å². The molecule has 0 bridgehead atoms. The van der Waals surface area contributed by atoms with Gasteiger partial charge in [-0.2, -0.15) is 0 Å². The highest BCUT2D eigenvalue weighted by Crippen LogP contribution is 2.41. The van der Waals surface area contributed by atoms with E-state index in [1.165, 1.54) is 0 Å². The van der Waals surface area contributed by atoms with Crippen LogP contribution < -0.4 is 10.0 Å². The molecule has 0 aliphatic heterocycles. The van der Waals surface area contributed by atoms with E-state index >= 15 is 0 Å². The molecule has 31 heavy (non-hydrogen) atoms. The van der Waals surface area contributed by atoms with Crippen LogP contribution in [0.5, 0.6) is 0 Å². The van der Waals surface area contributed by atoms with Crippen LogP contribution >= 0.6 is 11.6 Å². The summed E-state index contributed by atoms with van der Waals surface area (Å²) in [6, 6.07) is 6.93. The molecule has 0 spiro atoms. The Hall–Kier alpha value is -2.58. The van der Waals surface area contributed by atoms with Crippen LogP contribution in [-0.2, 0) is 14.8 Å². The minimum atomic E-state index is -3.48. The largest absolute Gasteiger partial charge is 0.459 e. The molecule has 0 atom stereocenters. The molecule has 7 nitrogen and oxygen atoms in total. The second kappa shape index (κ2) is 9.70. The van der Waals surface area contributed by atoms with Crippen LogP contribution in [0.2, 0.25) is 5.02 Å². The number of hydrogen-bond acceptors (Lipinski definition) is 6. The van der Waals surface area contributed by atoms with Gasteiger partial charge >= 0.3 is 0 Å². The molecule has 0 radical (unpaired) electrons. The number of rotatable bonds is 10. The van der Waals surface area contributed by atoms with Gasteiger partial charge in [-0.15, -0.1) is 0 Å². The third kappa shape index (κ3) is 6.21. The van der Waals surface area contributed by atoms with Crippen molar-refractivity contribution in [2.45, 2.75) is 33.1 Å². The summed E-state index contributed by atoms with van der Waals surface area (Å²) in [5.74, 6) is 2.02. The first-order chi connectivity index (χ1) is 14.7. The van der Waals surface area contributed by atoms with Gasteiger partial charge in [-0.1, -0.05) is 37.2 Å². The first kappa shape index (κ1) is 23.1. The minimum Gasteiger partial charge on any atom is -0.459 e.